The molecule has 1 aliphatic carbocycles. The molecule has 1 fully saturated rings. The zero-order valence-corrected chi connectivity index (χ0v) is 17.2. The number of hydrogen-bond acceptors (Lipinski definition) is 6. The van der Waals surface area contributed by atoms with Crippen molar-refractivity contribution in [3.63, 3.8) is 0 Å². The van der Waals surface area contributed by atoms with Crippen molar-refractivity contribution in [1.29, 1.82) is 0 Å². The SMILES string of the molecule is COCCCCCC(=O)CCC1C(O)CC(=O)C1CC#CCCCC(=O)OC. The summed E-state index contributed by atoms with van der Waals surface area (Å²) in [6, 6.07) is 0. The molecule has 0 heterocycles. The molecule has 1 saturated carbocycles. The highest BCUT2D eigenvalue weighted by molar-refractivity contribution is 5.85. The van der Waals surface area contributed by atoms with E-state index in [2.05, 4.69) is 16.6 Å². The van der Waals surface area contributed by atoms with Crippen LogP contribution in [0.5, 0.6) is 0 Å². The summed E-state index contributed by atoms with van der Waals surface area (Å²) in [5.41, 5.74) is 0. The van der Waals surface area contributed by atoms with Crippen molar-refractivity contribution in [2.24, 2.45) is 11.8 Å². The number of aliphatic hydroxyl groups excluding tert-OH is 1. The number of carbonyl (C=O) groups excluding carboxylic acids is 3. The molecule has 0 radical (unpaired) electrons. The van der Waals surface area contributed by atoms with E-state index in [0.29, 0.717) is 44.9 Å². The lowest BCUT2D eigenvalue weighted by molar-refractivity contribution is -0.140. The van der Waals surface area contributed by atoms with Gasteiger partial charge in [0.25, 0.3) is 0 Å². The fourth-order valence-electron chi connectivity index (χ4n) is 3.57. The second-order valence-corrected chi connectivity index (χ2v) is 7.38. The molecular weight excluding hydrogens is 360 g/mol. The van der Waals surface area contributed by atoms with Crippen LogP contribution in [0.2, 0.25) is 0 Å². The summed E-state index contributed by atoms with van der Waals surface area (Å²) in [4.78, 5) is 35.3. The molecule has 1 rings (SSSR count). The number of hydrogen-bond donors (Lipinski definition) is 1. The van der Waals surface area contributed by atoms with Gasteiger partial charge in [0.1, 0.15) is 11.6 Å². The summed E-state index contributed by atoms with van der Waals surface area (Å²) in [5.74, 6) is 5.50. The molecule has 0 aromatic heterocycles. The van der Waals surface area contributed by atoms with E-state index in [-0.39, 0.29) is 35.8 Å². The summed E-state index contributed by atoms with van der Waals surface area (Å²) in [6.07, 6.45) is 5.71. The largest absolute Gasteiger partial charge is 0.469 e. The Kier molecular flexibility index (Phi) is 12.4. The Bertz CT molecular complexity index is 559. The molecule has 6 heteroatoms. The van der Waals surface area contributed by atoms with Crippen molar-refractivity contribution in [2.45, 2.75) is 76.7 Å². The van der Waals surface area contributed by atoms with Crippen LogP contribution in [-0.4, -0.2) is 49.6 Å². The van der Waals surface area contributed by atoms with Gasteiger partial charge < -0.3 is 14.6 Å². The highest BCUT2D eigenvalue weighted by Gasteiger charge is 2.40. The summed E-state index contributed by atoms with van der Waals surface area (Å²) in [5, 5.41) is 10.2. The fourth-order valence-corrected chi connectivity index (χ4v) is 3.57. The van der Waals surface area contributed by atoms with Crippen molar-refractivity contribution in [1.82, 2.24) is 0 Å². The van der Waals surface area contributed by atoms with Crippen LogP contribution in [0.25, 0.3) is 0 Å². The molecule has 3 atom stereocenters. The van der Waals surface area contributed by atoms with E-state index < -0.39 is 6.10 Å². The highest BCUT2D eigenvalue weighted by Crippen LogP contribution is 2.35. The number of ether oxygens (including phenoxy) is 2. The Labute approximate surface area is 168 Å². The molecule has 0 spiro atoms. The van der Waals surface area contributed by atoms with Gasteiger partial charge in [-0.2, -0.15) is 0 Å². The van der Waals surface area contributed by atoms with E-state index in [9.17, 15) is 19.5 Å². The minimum absolute atomic E-state index is 0.0355. The predicted molar refractivity (Wildman–Crippen MR) is 105 cm³/mol. The summed E-state index contributed by atoms with van der Waals surface area (Å²) < 4.78 is 9.56. The second-order valence-electron chi connectivity index (χ2n) is 7.38. The molecule has 0 bridgehead atoms. The maximum Gasteiger partial charge on any atom is 0.305 e. The van der Waals surface area contributed by atoms with E-state index >= 15 is 0 Å². The number of ketones is 2. The average Bonchev–Trinajstić information content (AvgIpc) is 2.94. The third-order valence-electron chi connectivity index (χ3n) is 5.25. The minimum Gasteiger partial charge on any atom is -0.469 e. The number of esters is 1. The van der Waals surface area contributed by atoms with Gasteiger partial charge in [0, 0.05) is 58.2 Å². The Morgan fingerprint density at radius 1 is 1.07 bits per heavy atom. The van der Waals surface area contributed by atoms with Crippen molar-refractivity contribution >= 4 is 17.5 Å². The van der Waals surface area contributed by atoms with Gasteiger partial charge in [0.2, 0.25) is 0 Å². The van der Waals surface area contributed by atoms with Gasteiger partial charge >= 0.3 is 5.97 Å². The standard InChI is InChI=1S/C22H34O6/c1-27-15-9-5-6-10-17(23)13-14-19-18(20(24)16-21(19)25)11-7-3-4-8-12-22(26)28-2/h18-19,21,25H,4-6,8-16H2,1-2H3. The van der Waals surface area contributed by atoms with Crippen LogP contribution in [0.4, 0.5) is 0 Å². The lowest BCUT2D eigenvalue weighted by atomic mass is 9.86. The molecule has 0 amide bonds. The van der Waals surface area contributed by atoms with Crippen LogP contribution < -0.4 is 0 Å². The van der Waals surface area contributed by atoms with Gasteiger partial charge in [-0.1, -0.05) is 6.42 Å². The first-order valence-electron chi connectivity index (χ1n) is 10.2. The maximum absolute atomic E-state index is 12.2. The molecule has 0 saturated heterocycles. The molecule has 0 aliphatic heterocycles. The zero-order chi connectivity index (χ0) is 20.8. The number of aliphatic hydroxyl groups is 1. The smallest absolute Gasteiger partial charge is 0.305 e. The first-order chi connectivity index (χ1) is 13.5. The summed E-state index contributed by atoms with van der Waals surface area (Å²) in [7, 11) is 3.03. The second kappa shape index (κ2) is 14.3. The lowest BCUT2D eigenvalue weighted by Crippen LogP contribution is -2.21. The molecule has 0 aromatic carbocycles. The molecule has 28 heavy (non-hydrogen) atoms. The van der Waals surface area contributed by atoms with Crippen LogP contribution in [0.3, 0.4) is 0 Å². The van der Waals surface area contributed by atoms with Gasteiger partial charge in [0.15, 0.2) is 0 Å². The molecular formula is C22H34O6. The highest BCUT2D eigenvalue weighted by atomic mass is 16.5. The maximum atomic E-state index is 12.2. The zero-order valence-electron chi connectivity index (χ0n) is 17.2. The van der Waals surface area contributed by atoms with Crippen LogP contribution in [-0.2, 0) is 23.9 Å². The molecule has 0 aromatic rings. The van der Waals surface area contributed by atoms with Gasteiger partial charge in [0.05, 0.1) is 13.2 Å². The van der Waals surface area contributed by atoms with Gasteiger partial charge in [-0.15, -0.1) is 11.8 Å². The topological polar surface area (TPSA) is 89.9 Å². The van der Waals surface area contributed by atoms with Crippen LogP contribution >= 0.6 is 0 Å². The minimum atomic E-state index is -0.673. The van der Waals surface area contributed by atoms with Gasteiger partial charge in [-0.05, 0) is 31.6 Å². The molecule has 3 unspecified atom stereocenters. The van der Waals surface area contributed by atoms with Crippen molar-refractivity contribution in [2.75, 3.05) is 20.8 Å². The number of rotatable bonds is 13. The van der Waals surface area contributed by atoms with E-state index in [0.717, 1.165) is 25.9 Å². The van der Waals surface area contributed by atoms with Gasteiger partial charge in [-0.25, -0.2) is 0 Å². The van der Waals surface area contributed by atoms with Crippen LogP contribution in [0.15, 0.2) is 0 Å². The van der Waals surface area contributed by atoms with E-state index in [1.54, 1.807) is 7.11 Å². The number of Topliss-reactive ketones (excluding diaryl/α,β-unsaturated/α-hetero) is 2. The molecule has 1 aliphatic rings. The van der Waals surface area contributed by atoms with Gasteiger partial charge in [-0.3, -0.25) is 14.4 Å². The number of methoxy groups -OCH3 is 2. The Morgan fingerprint density at radius 2 is 1.86 bits per heavy atom. The fraction of sp³-hybridized carbons (Fsp3) is 0.773. The average molecular weight is 395 g/mol. The van der Waals surface area contributed by atoms with Crippen molar-refractivity contribution in [3.05, 3.63) is 0 Å². The van der Waals surface area contributed by atoms with E-state index in [4.69, 9.17) is 4.74 Å². The normalized spacial score (nSPS) is 21.2. The number of carbonyl (C=O) groups is 3. The monoisotopic (exact) mass is 394 g/mol. The Morgan fingerprint density at radius 3 is 2.57 bits per heavy atom. The Hall–Kier alpha value is -1.71. The summed E-state index contributed by atoms with van der Waals surface area (Å²) in [6.45, 7) is 0.718. The van der Waals surface area contributed by atoms with E-state index in [1.807, 2.05) is 0 Å². The van der Waals surface area contributed by atoms with E-state index in [1.165, 1.54) is 7.11 Å². The van der Waals surface area contributed by atoms with Crippen molar-refractivity contribution < 1.29 is 29.0 Å². The first kappa shape index (κ1) is 24.3. The first-order valence-corrected chi connectivity index (χ1v) is 10.2. The quantitative estimate of drug-likeness (QED) is 0.293. The van der Waals surface area contributed by atoms with Crippen molar-refractivity contribution in [3.8, 4) is 11.8 Å². The summed E-state index contributed by atoms with van der Waals surface area (Å²) >= 11 is 0. The molecule has 6 nitrogen and oxygen atoms in total. The predicted octanol–water partition coefficient (Wildman–Crippen LogP) is 2.85. The molecule has 1 N–H and O–H groups in total. The Balaban J connectivity index is 2.35. The molecule has 158 valence electrons. The lowest BCUT2D eigenvalue weighted by Gasteiger charge is -2.18. The van der Waals surface area contributed by atoms with Crippen LogP contribution in [0.1, 0.15) is 70.6 Å². The third kappa shape index (κ3) is 9.48. The van der Waals surface area contributed by atoms with Crippen LogP contribution in [0, 0.1) is 23.7 Å². The number of unbranched alkanes of at least 4 members (excludes halogenated alkanes) is 3. The third-order valence-corrected chi connectivity index (χ3v) is 5.25.